The Morgan fingerprint density at radius 2 is 1.78 bits per heavy atom. The SMILES string of the molecule is C=CCN1c2cc(OC)c(OC)cc2C(C)=C(C(=O)NCCOc2ccccc2)S1(=O)=O. The molecule has 170 valence electrons. The topological polar surface area (TPSA) is 94.2 Å². The first-order chi connectivity index (χ1) is 15.3. The summed E-state index contributed by atoms with van der Waals surface area (Å²) < 4.78 is 44.2. The fraction of sp³-hybridized carbons (Fsp3) is 0.261. The molecule has 2 aromatic rings. The van der Waals surface area contributed by atoms with Gasteiger partial charge in [0, 0.05) is 11.6 Å². The first-order valence-corrected chi connectivity index (χ1v) is 11.4. The maximum absolute atomic E-state index is 13.4. The van der Waals surface area contributed by atoms with E-state index in [2.05, 4.69) is 11.9 Å². The lowest BCUT2D eigenvalue weighted by atomic mass is 10.0. The summed E-state index contributed by atoms with van der Waals surface area (Å²) in [6.07, 6.45) is 1.46. The van der Waals surface area contributed by atoms with Crippen LogP contribution in [0.4, 0.5) is 5.69 Å². The predicted molar refractivity (Wildman–Crippen MR) is 124 cm³/mol. The van der Waals surface area contributed by atoms with E-state index in [9.17, 15) is 13.2 Å². The van der Waals surface area contributed by atoms with Crippen LogP contribution < -0.4 is 23.8 Å². The van der Waals surface area contributed by atoms with Gasteiger partial charge in [-0.25, -0.2) is 8.42 Å². The molecule has 1 amide bonds. The van der Waals surface area contributed by atoms with Crippen molar-refractivity contribution in [3.63, 3.8) is 0 Å². The number of hydrogen-bond acceptors (Lipinski definition) is 6. The Morgan fingerprint density at radius 1 is 1.12 bits per heavy atom. The number of allylic oxidation sites excluding steroid dienone is 1. The minimum absolute atomic E-state index is 0.00794. The molecular weight excluding hydrogens is 432 g/mol. The fourth-order valence-corrected chi connectivity index (χ4v) is 5.20. The number of carbonyl (C=O) groups is 1. The van der Waals surface area contributed by atoms with Crippen molar-refractivity contribution >= 4 is 27.2 Å². The van der Waals surface area contributed by atoms with Crippen LogP contribution in [0.5, 0.6) is 17.2 Å². The molecule has 0 saturated carbocycles. The number of para-hydroxylation sites is 1. The molecule has 3 rings (SSSR count). The molecule has 32 heavy (non-hydrogen) atoms. The van der Waals surface area contributed by atoms with E-state index >= 15 is 0 Å². The fourth-order valence-electron chi connectivity index (χ4n) is 3.46. The molecule has 0 radical (unpaired) electrons. The Labute approximate surface area is 188 Å². The zero-order valence-corrected chi connectivity index (χ0v) is 19.1. The van der Waals surface area contributed by atoms with Crippen LogP contribution in [-0.2, 0) is 14.8 Å². The molecule has 0 bridgehead atoms. The highest BCUT2D eigenvalue weighted by Crippen LogP contribution is 2.44. The Balaban J connectivity index is 1.93. The second-order valence-corrected chi connectivity index (χ2v) is 8.72. The van der Waals surface area contributed by atoms with Gasteiger partial charge in [-0.15, -0.1) is 6.58 Å². The predicted octanol–water partition coefficient (Wildman–Crippen LogP) is 2.97. The third-order valence-corrected chi connectivity index (χ3v) is 6.90. The molecule has 0 unspecified atom stereocenters. The summed E-state index contributed by atoms with van der Waals surface area (Å²) in [6.45, 7) is 5.58. The van der Waals surface area contributed by atoms with E-state index in [0.29, 0.717) is 34.1 Å². The average Bonchev–Trinajstić information content (AvgIpc) is 2.79. The quantitative estimate of drug-likeness (QED) is 0.459. The van der Waals surface area contributed by atoms with Crippen LogP contribution in [-0.4, -0.2) is 48.2 Å². The molecule has 0 atom stereocenters. The minimum atomic E-state index is -4.13. The summed E-state index contributed by atoms with van der Waals surface area (Å²) in [7, 11) is -1.17. The van der Waals surface area contributed by atoms with E-state index in [0.717, 1.165) is 4.31 Å². The molecule has 2 aromatic carbocycles. The van der Waals surface area contributed by atoms with Crippen molar-refractivity contribution < 1.29 is 27.4 Å². The Hall–Kier alpha value is -3.46. The van der Waals surface area contributed by atoms with Gasteiger partial charge < -0.3 is 19.5 Å². The van der Waals surface area contributed by atoms with Gasteiger partial charge in [-0.3, -0.25) is 9.10 Å². The van der Waals surface area contributed by atoms with Crippen LogP contribution in [0.15, 0.2) is 60.0 Å². The summed E-state index contributed by atoms with van der Waals surface area (Å²) >= 11 is 0. The number of nitrogens with zero attached hydrogens (tertiary/aromatic N) is 1. The van der Waals surface area contributed by atoms with E-state index in [1.807, 2.05) is 18.2 Å². The van der Waals surface area contributed by atoms with Gasteiger partial charge in [-0.1, -0.05) is 24.3 Å². The minimum Gasteiger partial charge on any atom is -0.493 e. The third kappa shape index (κ3) is 4.43. The number of rotatable bonds is 9. The number of sulfonamides is 1. The van der Waals surface area contributed by atoms with Gasteiger partial charge in [-0.2, -0.15) is 0 Å². The smallest absolute Gasteiger partial charge is 0.270 e. The number of ether oxygens (including phenoxy) is 3. The van der Waals surface area contributed by atoms with Gasteiger partial charge in [-0.05, 0) is 30.7 Å². The number of anilines is 1. The highest BCUT2D eigenvalue weighted by molar-refractivity contribution is 7.97. The Morgan fingerprint density at radius 3 is 2.41 bits per heavy atom. The summed E-state index contributed by atoms with van der Waals surface area (Å²) in [4.78, 5) is 12.6. The second-order valence-electron chi connectivity index (χ2n) is 6.92. The Bertz CT molecular complexity index is 1140. The molecule has 1 heterocycles. The molecular formula is C23H26N2O6S. The first-order valence-electron chi connectivity index (χ1n) is 9.92. The lowest BCUT2D eigenvalue weighted by molar-refractivity contribution is -0.116. The van der Waals surface area contributed by atoms with E-state index in [1.165, 1.54) is 20.3 Å². The van der Waals surface area contributed by atoms with Gasteiger partial charge >= 0.3 is 0 Å². The standard InChI is InChI=1S/C23H26N2O6S/c1-5-12-25-19-15-21(30-4)20(29-3)14-18(19)16(2)22(32(25,27)28)23(26)24-11-13-31-17-9-7-6-8-10-17/h5-10,14-15H,1,11-13H2,2-4H3,(H,24,26). The molecule has 8 nitrogen and oxygen atoms in total. The van der Waals surface area contributed by atoms with E-state index in [4.69, 9.17) is 14.2 Å². The lowest BCUT2D eigenvalue weighted by Crippen LogP contribution is -2.42. The van der Waals surface area contributed by atoms with Crippen LogP contribution in [0.25, 0.3) is 5.57 Å². The van der Waals surface area contributed by atoms with Gasteiger partial charge in [0.15, 0.2) is 16.4 Å². The number of methoxy groups -OCH3 is 2. The van der Waals surface area contributed by atoms with Crippen molar-refractivity contribution in [2.75, 3.05) is 38.2 Å². The second kappa shape index (κ2) is 9.78. The van der Waals surface area contributed by atoms with Crippen LogP contribution >= 0.6 is 0 Å². The molecule has 0 saturated heterocycles. The number of fused-ring (bicyclic) bond motifs is 1. The zero-order chi connectivity index (χ0) is 23.3. The van der Waals surface area contributed by atoms with Crippen LogP contribution in [0, 0.1) is 0 Å². The zero-order valence-electron chi connectivity index (χ0n) is 18.3. The number of hydrogen-bond donors (Lipinski definition) is 1. The maximum atomic E-state index is 13.4. The summed E-state index contributed by atoms with van der Waals surface area (Å²) in [5.74, 6) is 0.775. The molecule has 9 heteroatoms. The van der Waals surface area contributed by atoms with Gasteiger partial charge in [0.25, 0.3) is 15.9 Å². The van der Waals surface area contributed by atoms with E-state index in [1.54, 1.807) is 31.2 Å². The summed E-state index contributed by atoms with van der Waals surface area (Å²) in [5.41, 5.74) is 1.27. The normalized spacial score (nSPS) is 14.4. The largest absolute Gasteiger partial charge is 0.493 e. The third-order valence-electron chi connectivity index (χ3n) is 4.96. The van der Waals surface area contributed by atoms with Crippen molar-refractivity contribution in [3.05, 3.63) is 65.6 Å². The van der Waals surface area contributed by atoms with Crippen molar-refractivity contribution in [1.29, 1.82) is 0 Å². The summed E-state index contributed by atoms with van der Waals surface area (Å²) in [6, 6.07) is 12.4. The van der Waals surface area contributed by atoms with Crippen molar-refractivity contribution in [1.82, 2.24) is 5.32 Å². The molecule has 0 aliphatic carbocycles. The summed E-state index contributed by atoms with van der Waals surface area (Å²) in [5, 5.41) is 2.64. The van der Waals surface area contributed by atoms with Crippen molar-refractivity contribution in [2.24, 2.45) is 0 Å². The van der Waals surface area contributed by atoms with Crippen LogP contribution in [0.3, 0.4) is 0 Å². The van der Waals surface area contributed by atoms with Gasteiger partial charge in [0.05, 0.1) is 33.0 Å². The molecule has 0 aromatic heterocycles. The van der Waals surface area contributed by atoms with Gasteiger partial charge in [0.2, 0.25) is 0 Å². The Kier molecular flexibility index (Phi) is 7.09. The first kappa shape index (κ1) is 23.2. The van der Waals surface area contributed by atoms with Gasteiger partial charge in [0.1, 0.15) is 12.4 Å². The van der Waals surface area contributed by atoms with Crippen molar-refractivity contribution in [2.45, 2.75) is 6.92 Å². The molecule has 1 N–H and O–H groups in total. The van der Waals surface area contributed by atoms with E-state index in [-0.39, 0.29) is 24.6 Å². The average molecular weight is 459 g/mol. The molecule has 0 spiro atoms. The number of amides is 1. The number of benzene rings is 2. The van der Waals surface area contributed by atoms with Crippen molar-refractivity contribution in [3.8, 4) is 17.2 Å². The van der Waals surface area contributed by atoms with E-state index < -0.39 is 15.9 Å². The molecule has 1 aliphatic heterocycles. The number of nitrogens with one attached hydrogen (secondary N) is 1. The maximum Gasteiger partial charge on any atom is 0.270 e. The monoisotopic (exact) mass is 458 g/mol. The van der Waals surface area contributed by atoms with Crippen LogP contribution in [0.2, 0.25) is 0 Å². The molecule has 1 aliphatic rings. The highest BCUT2D eigenvalue weighted by atomic mass is 32.2. The highest BCUT2D eigenvalue weighted by Gasteiger charge is 2.39. The lowest BCUT2D eigenvalue weighted by Gasteiger charge is -2.32. The number of carbonyl (C=O) groups excluding carboxylic acids is 1. The molecule has 0 fully saturated rings. The van der Waals surface area contributed by atoms with Crippen LogP contribution in [0.1, 0.15) is 12.5 Å².